The molecule has 0 aliphatic carbocycles. The van der Waals surface area contributed by atoms with E-state index in [9.17, 15) is 10.1 Å². The topological polar surface area (TPSA) is 85.8 Å². The number of fused-ring (bicyclic) bond motifs is 1. The van der Waals surface area contributed by atoms with Crippen LogP contribution in [0.4, 0.5) is 0 Å². The molecule has 0 amide bonds. The quantitative estimate of drug-likeness (QED) is 0.132. The first kappa shape index (κ1) is 29.5. The van der Waals surface area contributed by atoms with Crippen LogP contribution in [0.1, 0.15) is 69.2 Å². The van der Waals surface area contributed by atoms with Gasteiger partial charge in [-0.05, 0) is 80.3 Å². The Morgan fingerprint density at radius 3 is 2.67 bits per heavy atom. The maximum Gasteiger partial charge on any atom is 0.302 e. The van der Waals surface area contributed by atoms with Gasteiger partial charge in [-0.2, -0.15) is 10.4 Å². The van der Waals surface area contributed by atoms with Gasteiger partial charge < -0.3 is 14.2 Å². The van der Waals surface area contributed by atoms with Gasteiger partial charge in [-0.25, -0.2) is 4.52 Å². The first-order valence-electron chi connectivity index (χ1n) is 15.1. The van der Waals surface area contributed by atoms with Crippen LogP contribution in [-0.2, 0) is 31.8 Å². The minimum atomic E-state index is -0.282. The van der Waals surface area contributed by atoms with E-state index in [1.807, 2.05) is 24.3 Å². The molecule has 1 aliphatic heterocycles. The predicted octanol–water partition coefficient (Wildman–Crippen LogP) is 7.29. The zero-order valence-electron chi connectivity index (χ0n) is 24.6. The molecule has 1 saturated heterocycles. The molecule has 42 heavy (non-hydrogen) atoms. The third-order valence-electron chi connectivity index (χ3n) is 7.82. The van der Waals surface area contributed by atoms with Gasteiger partial charge in [0.25, 0.3) is 0 Å². The first-order valence-corrected chi connectivity index (χ1v) is 15.1. The molecule has 2 atom stereocenters. The maximum absolute atomic E-state index is 11.1. The number of nitrogens with zero attached hydrogens (tertiary/aromatic N) is 3. The summed E-state index contributed by atoms with van der Waals surface area (Å²) in [5, 5.41) is 14.8. The van der Waals surface area contributed by atoms with Crippen LogP contribution in [0.3, 0.4) is 0 Å². The zero-order valence-corrected chi connectivity index (χ0v) is 24.6. The van der Waals surface area contributed by atoms with E-state index in [2.05, 4.69) is 60.0 Å². The summed E-state index contributed by atoms with van der Waals surface area (Å²) in [4.78, 5) is 11.1. The van der Waals surface area contributed by atoms with Crippen LogP contribution in [0.25, 0.3) is 27.9 Å². The molecule has 7 nitrogen and oxygen atoms in total. The molecule has 7 heteroatoms. The predicted molar refractivity (Wildman–Crippen MR) is 163 cm³/mol. The van der Waals surface area contributed by atoms with E-state index in [1.54, 1.807) is 0 Å². The summed E-state index contributed by atoms with van der Waals surface area (Å²) in [6.07, 6.45) is 7.07. The summed E-state index contributed by atoms with van der Waals surface area (Å²) >= 11 is 0. The summed E-state index contributed by atoms with van der Waals surface area (Å²) in [5.74, 6) is -0.282. The average Bonchev–Trinajstić information content (AvgIpc) is 3.44. The number of nitriles is 1. The lowest BCUT2D eigenvalue weighted by Crippen LogP contribution is -2.33. The van der Waals surface area contributed by atoms with Gasteiger partial charge in [0.05, 0.1) is 28.9 Å². The van der Waals surface area contributed by atoms with Crippen LogP contribution in [-0.4, -0.2) is 41.2 Å². The first-order chi connectivity index (χ1) is 20.6. The summed E-state index contributed by atoms with van der Waals surface area (Å²) < 4.78 is 19.2. The highest BCUT2D eigenvalue weighted by Gasteiger charge is 2.24. The van der Waals surface area contributed by atoms with Gasteiger partial charge in [-0.1, -0.05) is 55.8 Å². The smallest absolute Gasteiger partial charge is 0.302 e. The van der Waals surface area contributed by atoms with E-state index < -0.39 is 0 Å². The fraction of sp³-hybridized carbons (Fsp3) is 0.400. The second-order valence-electron chi connectivity index (χ2n) is 10.8. The number of esters is 1. The van der Waals surface area contributed by atoms with E-state index in [-0.39, 0.29) is 18.4 Å². The van der Waals surface area contributed by atoms with Gasteiger partial charge in [0.1, 0.15) is 6.61 Å². The molecule has 1 aliphatic rings. The number of ether oxygens (including phenoxy) is 3. The lowest BCUT2D eigenvalue weighted by Gasteiger charge is -2.29. The number of hydrogen-bond donors (Lipinski definition) is 0. The Morgan fingerprint density at radius 2 is 1.88 bits per heavy atom. The molecule has 0 N–H and O–H groups in total. The van der Waals surface area contributed by atoms with Crippen molar-refractivity contribution in [3.8, 4) is 28.5 Å². The largest absolute Gasteiger partial charge is 0.463 e. The molecular weight excluding hydrogens is 526 g/mol. The van der Waals surface area contributed by atoms with E-state index in [0.29, 0.717) is 18.8 Å². The molecule has 5 rings (SSSR count). The Hall–Kier alpha value is -3.99. The molecule has 2 aromatic carbocycles. The number of aromatic nitrogens is 2. The number of rotatable bonds is 12. The Labute approximate surface area is 248 Å². The molecule has 0 unspecified atom stereocenters. The van der Waals surface area contributed by atoms with Crippen molar-refractivity contribution in [2.45, 2.75) is 77.6 Å². The summed E-state index contributed by atoms with van der Waals surface area (Å²) in [7, 11) is 0. The number of benzene rings is 2. The van der Waals surface area contributed by atoms with Crippen LogP contribution in [0.15, 0.2) is 66.7 Å². The molecule has 0 spiro atoms. The number of aryl methyl sites for hydroxylation is 1. The number of carbonyl (C=O) groups is 1. The second-order valence-corrected chi connectivity index (χ2v) is 10.8. The minimum absolute atomic E-state index is 0.0910. The van der Waals surface area contributed by atoms with Gasteiger partial charge in [0.15, 0.2) is 6.29 Å². The summed E-state index contributed by atoms with van der Waals surface area (Å²) in [6.45, 7) is 4.49. The second kappa shape index (κ2) is 14.3. The van der Waals surface area contributed by atoms with Gasteiger partial charge in [-0.3, -0.25) is 4.79 Å². The lowest BCUT2D eigenvalue weighted by atomic mass is 9.91. The van der Waals surface area contributed by atoms with Crippen molar-refractivity contribution in [1.82, 2.24) is 9.61 Å². The minimum Gasteiger partial charge on any atom is -0.463 e. The number of hydrogen-bond acceptors (Lipinski definition) is 6. The van der Waals surface area contributed by atoms with Crippen LogP contribution >= 0.6 is 0 Å². The van der Waals surface area contributed by atoms with Gasteiger partial charge >= 0.3 is 5.97 Å². The molecular formula is C35H39N3O4. The molecule has 0 bridgehead atoms. The van der Waals surface area contributed by atoms with E-state index >= 15 is 0 Å². The Kier molecular flexibility index (Phi) is 10.0. The third kappa shape index (κ3) is 7.07. The fourth-order valence-corrected chi connectivity index (χ4v) is 5.73. The number of unbranched alkanes of at least 4 members (excludes halogenated alkanes) is 2. The molecule has 1 fully saturated rings. The van der Waals surface area contributed by atoms with Crippen LogP contribution in [0.2, 0.25) is 0 Å². The van der Waals surface area contributed by atoms with E-state index in [1.165, 1.54) is 12.5 Å². The van der Waals surface area contributed by atoms with Gasteiger partial charge in [0.2, 0.25) is 0 Å². The summed E-state index contributed by atoms with van der Waals surface area (Å²) in [6, 6.07) is 24.9. The highest BCUT2D eigenvalue weighted by Crippen LogP contribution is 2.37. The Bertz CT molecular complexity index is 1540. The van der Waals surface area contributed by atoms with Crippen molar-refractivity contribution in [3.63, 3.8) is 0 Å². The van der Waals surface area contributed by atoms with Crippen molar-refractivity contribution < 1.29 is 19.0 Å². The van der Waals surface area contributed by atoms with Crippen molar-refractivity contribution in [3.05, 3.63) is 83.6 Å². The normalized spacial score (nSPS) is 16.8. The van der Waals surface area contributed by atoms with Crippen molar-refractivity contribution in [1.29, 1.82) is 5.26 Å². The average molecular weight is 566 g/mol. The van der Waals surface area contributed by atoms with Crippen molar-refractivity contribution in [2.75, 3.05) is 13.2 Å². The molecule has 2 aromatic heterocycles. The monoisotopic (exact) mass is 565 g/mol. The lowest BCUT2D eigenvalue weighted by molar-refractivity contribution is -0.205. The Morgan fingerprint density at radius 1 is 1.05 bits per heavy atom. The van der Waals surface area contributed by atoms with Crippen LogP contribution in [0, 0.1) is 11.3 Å². The van der Waals surface area contributed by atoms with Crippen molar-refractivity contribution in [2.24, 2.45) is 0 Å². The fourth-order valence-electron chi connectivity index (χ4n) is 5.73. The summed E-state index contributed by atoms with van der Waals surface area (Å²) in [5.41, 5.74) is 8.33. The third-order valence-corrected chi connectivity index (χ3v) is 7.82. The van der Waals surface area contributed by atoms with Gasteiger partial charge in [0, 0.05) is 30.4 Å². The van der Waals surface area contributed by atoms with E-state index in [0.717, 1.165) is 85.0 Å². The zero-order chi connectivity index (χ0) is 29.3. The highest BCUT2D eigenvalue weighted by atomic mass is 16.7. The molecule has 218 valence electrons. The molecule has 0 radical (unpaired) electrons. The standard InChI is InChI=1S/C35H39N3O4/c1-3-29-19-20-32-34(28-15-10-12-26(22-28)23-36)31(35(37-38(29)32)27-13-6-4-7-14-27)17-8-5-9-21-40-33-18-11-16-30(42-33)24-41-25(2)39/h4,6-7,10,12-15,19-20,22,30,33H,3,5,8-9,11,16-18,21,24H2,1-2H3/t30-,33-/m1/s1. The Balaban J connectivity index is 1.34. The van der Waals surface area contributed by atoms with E-state index in [4.69, 9.17) is 19.3 Å². The maximum atomic E-state index is 11.1. The van der Waals surface area contributed by atoms with Crippen LogP contribution in [0.5, 0.6) is 0 Å². The molecule has 4 aromatic rings. The molecule has 3 heterocycles. The number of carbonyl (C=O) groups excluding carboxylic acids is 1. The SMILES string of the molecule is CCc1ccc2c(-c3cccc(C#N)c3)c(CCCCCO[C@H]3CCC[C@H](COC(C)=O)O3)c(-c3ccccc3)nn12. The van der Waals surface area contributed by atoms with Crippen LogP contribution < -0.4 is 0 Å². The highest BCUT2D eigenvalue weighted by molar-refractivity contribution is 5.88. The van der Waals surface area contributed by atoms with Gasteiger partial charge in [-0.15, -0.1) is 0 Å². The van der Waals surface area contributed by atoms with Crippen molar-refractivity contribution >= 4 is 11.5 Å². The molecule has 0 saturated carbocycles.